The van der Waals surface area contributed by atoms with Crippen molar-refractivity contribution < 1.29 is 19.2 Å². The predicted molar refractivity (Wildman–Crippen MR) is 99.2 cm³/mol. The van der Waals surface area contributed by atoms with E-state index < -0.39 is 10.9 Å². The zero-order chi connectivity index (χ0) is 19.8. The van der Waals surface area contributed by atoms with Gasteiger partial charge >= 0.3 is 12.0 Å². The van der Waals surface area contributed by atoms with Gasteiger partial charge in [0.05, 0.1) is 10.5 Å². The molecule has 2 N–H and O–H groups in total. The van der Waals surface area contributed by atoms with Crippen LogP contribution in [0.1, 0.15) is 35.3 Å². The van der Waals surface area contributed by atoms with Gasteiger partial charge in [-0.2, -0.15) is 0 Å². The standard InChI is InChI=1S/C19H21N3O5/c1-13(2)21-19(24)20-11-14-3-7-16(8-4-14)18(23)27-12-15-5-9-17(10-6-15)22(25)26/h3-10,13H,11-12H2,1-2H3,(H2,20,21,24). The fraction of sp³-hybridized carbons (Fsp3) is 0.263. The van der Waals surface area contributed by atoms with Gasteiger partial charge in [0.25, 0.3) is 5.69 Å². The molecule has 0 unspecified atom stereocenters. The third-order valence-electron chi connectivity index (χ3n) is 3.58. The van der Waals surface area contributed by atoms with E-state index in [1.54, 1.807) is 36.4 Å². The lowest BCUT2D eigenvalue weighted by Gasteiger charge is -2.10. The van der Waals surface area contributed by atoms with E-state index in [0.717, 1.165) is 5.56 Å². The zero-order valence-corrected chi connectivity index (χ0v) is 15.1. The molecule has 0 fully saturated rings. The number of benzene rings is 2. The molecule has 0 aromatic heterocycles. The number of urea groups is 1. The largest absolute Gasteiger partial charge is 0.457 e. The summed E-state index contributed by atoms with van der Waals surface area (Å²) in [7, 11) is 0. The molecule has 142 valence electrons. The molecule has 8 heteroatoms. The van der Waals surface area contributed by atoms with Crippen LogP contribution >= 0.6 is 0 Å². The van der Waals surface area contributed by atoms with Gasteiger partial charge in [-0.25, -0.2) is 9.59 Å². The van der Waals surface area contributed by atoms with Crippen molar-refractivity contribution in [1.82, 2.24) is 10.6 Å². The second-order valence-electron chi connectivity index (χ2n) is 6.18. The Hall–Kier alpha value is -3.42. The quantitative estimate of drug-likeness (QED) is 0.441. The van der Waals surface area contributed by atoms with Crippen molar-refractivity contribution in [3.8, 4) is 0 Å². The molecular weight excluding hydrogens is 350 g/mol. The van der Waals surface area contributed by atoms with Crippen molar-refractivity contribution in [2.75, 3.05) is 0 Å². The summed E-state index contributed by atoms with van der Waals surface area (Å²) in [5.41, 5.74) is 1.87. The highest BCUT2D eigenvalue weighted by atomic mass is 16.6. The van der Waals surface area contributed by atoms with Gasteiger partial charge in [-0.05, 0) is 49.2 Å². The molecule has 27 heavy (non-hydrogen) atoms. The van der Waals surface area contributed by atoms with Crippen LogP contribution in [0.5, 0.6) is 0 Å². The first-order valence-corrected chi connectivity index (χ1v) is 8.39. The summed E-state index contributed by atoms with van der Waals surface area (Å²) in [5, 5.41) is 16.1. The predicted octanol–water partition coefficient (Wildman–Crippen LogP) is 3.16. The lowest BCUT2D eigenvalue weighted by atomic mass is 10.1. The van der Waals surface area contributed by atoms with E-state index in [1.165, 1.54) is 12.1 Å². The number of nitro benzene ring substituents is 1. The topological polar surface area (TPSA) is 111 Å². The summed E-state index contributed by atoms with van der Waals surface area (Å²) >= 11 is 0. The van der Waals surface area contributed by atoms with Gasteiger partial charge in [0, 0.05) is 24.7 Å². The number of carbonyl (C=O) groups excluding carboxylic acids is 2. The Kier molecular flexibility index (Phi) is 6.87. The molecule has 2 aromatic rings. The van der Waals surface area contributed by atoms with E-state index in [2.05, 4.69) is 10.6 Å². The molecule has 0 aliphatic heterocycles. The van der Waals surface area contributed by atoms with Crippen molar-refractivity contribution in [3.63, 3.8) is 0 Å². The molecule has 0 heterocycles. The fourth-order valence-corrected chi connectivity index (χ4v) is 2.20. The number of ether oxygens (including phenoxy) is 1. The molecule has 2 amide bonds. The Bertz CT molecular complexity index is 801. The second kappa shape index (κ2) is 9.33. The monoisotopic (exact) mass is 371 g/mol. The van der Waals surface area contributed by atoms with Gasteiger partial charge in [-0.3, -0.25) is 10.1 Å². The number of hydrogen-bond acceptors (Lipinski definition) is 5. The molecule has 0 saturated heterocycles. The van der Waals surface area contributed by atoms with Gasteiger partial charge in [0.15, 0.2) is 0 Å². The first kappa shape index (κ1) is 19.9. The molecule has 2 rings (SSSR count). The summed E-state index contributed by atoms with van der Waals surface area (Å²) in [5.74, 6) is -0.495. The van der Waals surface area contributed by atoms with Crippen LogP contribution in [0, 0.1) is 10.1 Å². The molecule has 0 spiro atoms. The summed E-state index contributed by atoms with van der Waals surface area (Å²) in [6, 6.07) is 12.3. The number of nitrogens with zero attached hydrogens (tertiary/aromatic N) is 1. The van der Waals surface area contributed by atoms with Gasteiger partial charge in [-0.1, -0.05) is 12.1 Å². The highest BCUT2D eigenvalue weighted by Gasteiger charge is 2.09. The number of esters is 1. The molecule has 0 radical (unpaired) electrons. The number of nitro groups is 1. The normalized spacial score (nSPS) is 10.3. The first-order valence-electron chi connectivity index (χ1n) is 8.39. The van der Waals surface area contributed by atoms with Crippen LogP contribution in [-0.4, -0.2) is 23.0 Å². The van der Waals surface area contributed by atoms with Crippen LogP contribution in [0.2, 0.25) is 0 Å². The molecule has 0 bridgehead atoms. The fourth-order valence-electron chi connectivity index (χ4n) is 2.20. The Morgan fingerprint density at radius 2 is 1.63 bits per heavy atom. The zero-order valence-electron chi connectivity index (χ0n) is 15.1. The first-order chi connectivity index (χ1) is 12.8. The van der Waals surface area contributed by atoms with Crippen molar-refractivity contribution in [3.05, 3.63) is 75.3 Å². The van der Waals surface area contributed by atoms with Crippen LogP contribution in [0.4, 0.5) is 10.5 Å². The number of nitrogens with one attached hydrogen (secondary N) is 2. The van der Waals surface area contributed by atoms with E-state index in [9.17, 15) is 19.7 Å². The number of carbonyl (C=O) groups is 2. The molecule has 0 aliphatic carbocycles. The van der Waals surface area contributed by atoms with Gasteiger partial charge in [0.1, 0.15) is 6.61 Å². The smallest absolute Gasteiger partial charge is 0.338 e. The van der Waals surface area contributed by atoms with Crippen molar-refractivity contribution >= 4 is 17.7 Å². The molecular formula is C19H21N3O5. The second-order valence-corrected chi connectivity index (χ2v) is 6.18. The number of rotatable bonds is 7. The maximum Gasteiger partial charge on any atom is 0.338 e. The minimum atomic E-state index is -0.495. The summed E-state index contributed by atoms with van der Waals surface area (Å²) < 4.78 is 5.21. The summed E-state index contributed by atoms with van der Waals surface area (Å²) in [6.07, 6.45) is 0. The van der Waals surface area contributed by atoms with Gasteiger partial charge in [-0.15, -0.1) is 0 Å². The van der Waals surface area contributed by atoms with E-state index in [1.807, 2.05) is 13.8 Å². The SMILES string of the molecule is CC(C)NC(=O)NCc1ccc(C(=O)OCc2ccc([N+](=O)[O-])cc2)cc1. The Morgan fingerprint density at radius 1 is 1.04 bits per heavy atom. The summed E-state index contributed by atoms with van der Waals surface area (Å²) in [6.45, 7) is 4.11. The average Bonchev–Trinajstić information content (AvgIpc) is 2.64. The van der Waals surface area contributed by atoms with Crippen LogP contribution in [0.25, 0.3) is 0 Å². The Labute approximate surface area is 156 Å². The number of hydrogen-bond donors (Lipinski definition) is 2. The number of non-ortho nitro benzene ring substituents is 1. The highest BCUT2D eigenvalue weighted by molar-refractivity contribution is 5.89. The van der Waals surface area contributed by atoms with Crippen LogP contribution in [0.3, 0.4) is 0 Å². The maximum atomic E-state index is 12.1. The Morgan fingerprint density at radius 3 is 2.19 bits per heavy atom. The van der Waals surface area contributed by atoms with Crippen molar-refractivity contribution in [1.29, 1.82) is 0 Å². The van der Waals surface area contributed by atoms with Gasteiger partial charge in [0.2, 0.25) is 0 Å². The van der Waals surface area contributed by atoms with Crippen molar-refractivity contribution in [2.45, 2.75) is 33.0 Å². The van der Waals surface area contributed by atoms with E-state index in [-0.39, 0.29) is 24.4 Å². The molecule has 0 aliphatic rings. The number of amides is 2. The molecule has 8 nitrogen and oxygen atoms in total. The Balaban J connectivity index is 1.84. The third-order valence-corrected chi connectivity index (χ3v) is 3.58. The van der Waals surface area contributed by atoms with E-state index >= 15 is 0 Å². The average molecular weight is 371 g/mol. The minimum absolute atomic E-state index is 0.0173. The lowest BCUT2D eigenvalue weighted by molar-refractivity contribution is -0.384. The van der Waals surface area contributed by atoms with Gasteiger partial charge < -0.3 is 15.4 Å². The van der Waals surface area contributed by atoms with Crippen LogP contribution < -0.4 is 10.6 Å². The molecule has 2 aromatic carbocycles. The molecule has 0 saturated carbocycles. The third kappa shape index (κ3) is 6.43. The minimum Gasteiger partial charge on any atom is -0.457 e. The molecule has 0 atom stereocenters. The van der Waals surface area contributed by atoms with E-state index in [0.29, 0.717) is 17.7 Å². The van der Waals surface area contributed by atoms with E-state index in [4.69, 9.17) is 4.74 Å². The van der Waals surface area contributed by atoms with Crippen LogP contribution in [0.15, 0.2) is 48.5 Å². The van der Waals surface area contributed by atoms with Crippen LogP contribution in [-0.2, 0) is 17.9 Å². The lowest BCUT2D eigenvalue weighted by Crippen LogP contribution is -2.39. The van der Waals surface area contributed by atoms with Crippen molar-refractivity contribution in [2.24, 2.45) is 0 Å². The summed E-state index contributed by atoms with van der Waals surface area (Å²) in [4.78, 5) is 33.8. The maximum absolute atomic E-state index is 12.1. The highest BCUT2D eigenvalue weighted by Crippen LogP contribution is 2.13.